The van der Waals surface area contributed by atoms with Gasteiger partial charge in [-0.05, 0) is 19.3 Å². The summed E-state index contributed by atoms with van der Waals surface area (Å²) in [6, 6.07) is 0.168. The molecule has 1 amide bonds. The number of rotatable bonds is 5. The van der Waals surface area contributed by atoms with Crippen molar-refractivity contribution in [3.05, 3.63) is 0 Å². The van der Waals surface area contributed by atoms with E-state index in [9.17, 15) is 4.79 Å². The van der Waals surface area contributed by atoms with Crippen molar-refractivity contribution in [2.45, 2.75) is 51.5 Å². The first-order valence-electron chi connectivity index (χ1n) is 6.11. The third-order valence-electron chi connectivity index (χ3n) is 3.64. The van der Waals surface area contributed by atoms with Crippen LogP contribution in [0.25, 0.3) is 0 Å². The van der Waals surface area contributed by atoms with E-state index in [4.69, 9.17) is 5.73 Å². The summed E-state index contributed by atoms with van der Waals surface area (Å²) in [5, 5.41) is 0. The van der Waals surface area contributed by atoms with Gasteiger partial charge in [-0.2, -0.15) is 0 Å². The normalized spacial score (nSPS) is 19.1. The van der Waals surface area contributed by atoms with Crippen LogP contribution in [-0.4, -0.2) is 30.4 Å². The monoisotopic (exact) mass is 212 g/mol. The minimum absolute atomic E-state index is 0.168. The van der Waals surface area contributed by atoms with Gasteiger partial charge in [-0.1, -0.05) is 25.7 Å². The lowest BCUT2D eigenvalue weighted by molar-refractivity contribution is -0.131. The van der Waals surface area contributed by atoms with Crippen molar-refractivity contribution in [1.82, 2.24) is 4.90 Å². The molecule has 0 saturated heterocycles. The van der Waals surface area contributed by atoms with Gasteiger partial charge in [0.1, 0.15) is 0 Å². The first kappa shape index (κ1) is 12.5. The zero-order valence-electron chi connectivity index (χ0n) is 10.0. The summed E-state index contributed by atoms with van der Waals surface area (Å²) >= 11 is 0. The van der Waals surface area contributed by atoms with Gasteiger partial charge >= 0.3 is 0 Å². The maximum atomic E-state index is 11.8. The average molecular weight is 212 g/mol. The third kappa shape index (κ3) is 3.82. The number of nitrogens with zero attached hydrogens (tertiary/aromatic N) is 1. The lowest BCUT2D eigenvalue weighted by Crippen LogP contribution is -2.39. The molecule has 88 valence electrons. The number of hydrogen-bond acceptors (Lipinski definition) is 2. The van der Waals surface area contributed by atoms with Gasteiger partial charge in [0.2, 0.25) is 5.91 Å². The van der Waals surface area contributed by atoms with Crippen molar-refractivity contribution in [2.75, 3.05) is 13.6 Å². The van der Waals surface area contributed by atoms with Crippen molar-refractivity contribution in [3.8, 4) is 0 Å². The lowest BCUT2D eigenvalue weighted by Gasteiger charge is -2.24. The molecule has 1 aliphatic rings. The predicted octanol–water partition coefficient (Wildman–Crippen LogP) is 1.76. The summed E-state index contributed by atoms with van der Waals surface area (Å²) in [6.07, 6.45) is 7.13. The van der Waals surface area contributed by atoms with Gasteiger partial charge in [0.25, 0.3) is 0 Å². The SMILES string of the molecule is CC(CN)N(C)C(=O)CCC1CCCC1. The predicted molar refractivity (Wildman–Crippen MR) is 62.5 cm³/mol. The molecule has 0 bridgehead atoms. The minimum Gasteiger partial charge on any atom is -0.342 e. The molecule has 0 aromatic rings. The van der Waals surface area contributed by atoms with Crippen molar-refractivity contribution < 1.29 is 4.79 Å². The summed E-state index contributed by atoms with van der Waals surface area (Å²) in [4.78, 5) is 13.6. The Morgan fingerprint density at radius 2 is 2.07 bits per heavy atom. The quantitative estimate of drug-likeness (QED) is 0.755. The Kier molecular flexibility index (Phi) is 5.09. The van der Waals surface area contributed by atoms with Crippen LogP contribution in [0.3, 0.4) is 0 Å². The summed E-state index contributed by atoms with van der Waals surface area (Å²) in [7, 11) is 1.86. The molecule has 1 unspecified atom stereocenters. The van der Waals surface area contributed by atoms with Crippen LogP contribution < -0.4 is 5.73 Å². The highest BCUT2D eigenvalue weighted by molar-refractivity contribution is 5.76. The number of nitrogens with two attached hydrogens (primary N) is 1. The molecule has 1 saturated carbocycles. The minimum atomic E-state index is 0.168. The molecule has 1 fully saturated rings. The van der Waals surface area contributed by atoms with Crippen LogP contribution in [0.1, 0.15) is 45.4 Å². The molecule has 0 heterocycles. The highest BCUT2D eigenvalue weighted by atomic mass is 16.2. The molecule has 1 rings (SSSR count). The van der Waals surface area contributed by atoms with Gasteiger partial charge in [-0.3, -0.25) is 4.79 Å². The second kappa shape index (κ2) is 6.11. The maximum absolute atomic E-state index is 11.8. The van der Waals surface area contributed by atoms with Crippen molar-refractivity contribution in [2.24, 2.45) is 11.7 Å². The van der Waals surface area contributed by atoms with E-state index in [2.05, 4.69) is 0 Å². The molecule has 2 N–H and O–H groups in total. The van der Waals surface area contributed by atoms with E-state index >= 15 is 0 Å². The molecule has 0 aromatic carbocycles. The van der Waals surface area contributed by atoms with E-state index in [1.165, 1.54) is 25.7 Å². The van der Waals surface area contributed by atoms with Crippen molar-refractivity contribution >= 4 is 5.91 Å². The van der Waals surface area contributed by atoms with Crippen LogP contribution in [0, 0.1) is 5.92 Å². The zero-order valence-corrected chi connectivity index (χ0v) is 10.0. The highest BCUT2D eigenvalue weighted by Gasteiger charge is 2.19. The fourth-order valence-electron chi connectivity index (χ4n) is 2.21. The van der Waals surface area contributed by atoms with E-state index in [0.717, 1.165) is 12.3 Å². The largest absolute Gasteiger partial charge is 0.342 e. The summed E-state index contributed by atoms with van der Waals surface area (Å²) in [6.45, 7) is 2.54. The topological polar surface area (TPSA) is 46.3 Å². The second-order valence-corrected chi connectivity index (χ2v) is 4.78. The number of hydrogen-bond donors (Lipinski definition) is 1. The van der Waals surface area contributed by atoms with Gasteiger partial charge in [0.15, 0.2) is 0 Å². The molecule has 1 aliphatic carbocycles. The van der Waals surface area contributed by atoms with Crippen molar-refractivity contribution in [3.63, 3.8) is 0 Å². The number of likely N-dealkylation sites (N-methyl/N-ethyl adjacent to an activating group) is 1. The van der Waals surface area contributed by atoms with Crippen LogP contribution in [0.2, 0.25) is 0 Å². The highest BCUT2D eigenvalue weighted by Crippen LogP contribution is 2.28. The molecule has 0 radical (unpaired) electrons. The number of carbonyl (C=O) groups is 1. The lowest BCUT2D eigenvalue weighted by atomic mass is 10.0. The van der Waals surface area contributed by atoms with Gasteiger partial charge < -0.3 is 10.6 Å². The van der Waals surface area contributed by atoms with Gasteiger partial charge in [0, 0.05) is 26.1 Å². The fourth-order valence-corrected chi connectivity index (χ4v) is 2.21. The van der Waals surface area contributed by atoms with Gasteiger partial charge in [-0.15, -0.1) is 0 Å². The first-order valence-corrected chi connectivity index (χ1v) is 6.11. The van der Waals surface area contributed by atoms with E-state index in [1.807, 2.05) is 14.0 Å². The molecule has 0 spiro atoms. The second-order valence-electron chi connectivity index (χ2n) is 4.78. The van der Waals surface area contributed by atoms with Crippen LogP contribution in [0.4, 0.5) is 0 Å². The molecule has 1 atom stereocenters. The molecule has 0 aromatic heterocycles. The molecule has 15 heavy (non-hydrogen) atoms. The summed E-state index contributed by atoms with van der Waals surface area (Å²) in [5.74, 6) is 1.05. The summed E-state index contributed by atoms with van der Waals surface area (Å²) in [5.41, 5.74) is 5.54. The Morgan fingerprint density at radius 1 is 1.47 bits per heavy atom. The van der Waals surface area contributed by atoms with Crippen LogP contribution in [0.15, 0.2) is 0 Å². The Balaban J connectivity index is 2.22. The molecular formula is C12H24N2O. The zero-order chi connectivity index (χ0) is 11.3. The Labute approximate surface area is 93.0 Å². The fraction of sp³-hybridized carbons (Fsp3) is 0.917. The van der Waals surface area contributed by atoms with Crippen LogP contribution in [-0.2, 0) is 4.79 Å². The van der Waals surface area contributed by atoms with Gasteiger partial charge in [0.05, 0.1) is 0 Å². The standard InChI is InChI=1S/C12H24N2O/c1-10(9-13)14(2)12(15)8-7-11-5-3-4-6-11/h10-11H,3-9,13H2,1-2H3. The first-order chi connectivity index (χ1) is 7.15. The molecule has 0 aliphatic heterocycles. The van der Waals surface area contributed by atoms with Crippen LogP contribution >= 0.6 is 0 Å². The molecular weight excluding hydrogens is 188 g/mol. The van der Waals surface area contributed by atoms with E-state index in [0.29, 0.717) is 13.0 Å². The smallest absolute Gasteiger partial charge is 0.222 e. The summed E-state index contributed by atoms with van der Waals surface area (Å²) < 4.78 is 0. The number of amides is 1. The number of carbonyl (C=O) groups excluding carboxylic acids is 1. The maximum Gasteiger partial charge on any atom is 0.222 e. The third-order valence-corrected chi connectivity index (χ3v) is 3.64. The van der Waals surface area contributed by atoms with Gasteiger partial charge in [-0.25, -0.2) is 0 Å². The average Bonchev–Trinajstić information content (AvgIpc) is 2.76. The van der Waals surface area contributed by atoms with E-state index < -0.39 is 0 Å². The molecule has 3 nitrogen and oxygen atoms in total. The van der Waals surface area contributed by atoms with E-state index in [-0.39, 0.29) is 11.9 Å². The Bertz CT molecular complexity index is 200. The Morgan fingerprint density at radius 3 is 2.60 bits per heavy atom. The Hall–Kier alpha value is -0.570. The van der Waals surface area contributed by atoms with E-state index in [1.54, 1.807) is 4.90 Å². The van der Waals surface area contributed by atoms with Crippen LogP contribution in [0.5, 0.6) is 0 Å². The van der Waals surface area contributed by atoms with Crippen molar-refractivity contribution in [1.29, 1.82) is 0 Å². The molecule has 3 heteroatoms.